The van der Waals surface area contributed by atoms with Crippen molar-refractivity contribution in [3.63, 3.8) is 0 Å². The number of ether oxygens (including phenoxy) is 5. The summed E-state index contributed by atoms with van der Waals surface area (Å²) in [5.74, 6) is 4.43. The average Bonchev–Trinajstić information content (AvgIpc) is 3.06. The van der Waals surface area contributed by atoms with Crippen LogP contribution in [0.1, 0.15) is 130 Å². The highest BCUT2D eigenvalue weighted by Crippen LogP contribution is 2.66. The molecule has 1 saturated heterocycles. The maximum absolute atomic E-state index is 14.2. The first kappa shape index (κ1) is 34.0. The van der Waals surface area contributed by atoms with Crippen LogP contribution in [0.4, 0.5) is 0 Å². The van der Waals surface area contributed by atoms with Gasteiger partial charge in [0.2, 0.25) is 0 Å². The summed E-state index contributed by atoms with van der Waals surface area (Å²) in [5, 5.41) is 0. The van der Waals surface area contributed by atoms with E-state index in [-0.39, 0.29) is 72.2 Å². The number of carbonyl (C=O) groups is 3. The lowest BCUT2D eigenvalue weighted by atomic mass is 9.47. The number of esters is 2. The van der Waals surface area contributed by atoms with Crippen LogP contribution in [0.5, 0.6) is 0 Å². The summed E-state index contributed by atoms with van der Waals surface area (Å²) in [4.78, 5) is 41.0. The highest BCUT2D eigenvalue weighted by molar-refractivity contribution is 5.86. The molecular formula is C43H62O8. The molecule has 13 fully saturated rings. The van der Waals surface area contributed by atoms with Crippen LogP contribution in [-0.4, -0.2) is 62.1 Å². The van der Waals surface area contributed by atoms with Gasteiger partial charge in [0.15, 0.2) is 11.6 Å². The Morgan fingerprint density at radius 3 is 1.55 bits per heavy atom. The average molecular weight is 707 g/mol. The van der Waals surface area contributed by atoms with E-state index in [0.29, 0.717) is 48.0 Å². The maximum Gasteiger partial charge on any atom is 0.312 e. The van der Waals surface area contributed by atoms with Crippen LogP contribution in [0.3, 0.4) is 0 Å². The first-order valence-corrected chi connectivity index (χ1v) is 21.1. The molecule has 12 aliphatic carbocycles. The van der Waals surface area contributed by atoms with Crippen LogP contribution in [0.25, 0.3) is 0 Å². The molecule has 1 aliphatic heterocycles. The third-order valence-corrected chi connectivity index (χ3v) is 16.8. The molecule has 8 nitrogen and oxygen atoms in total. The molecule has 2 unspecified atom stereocenters. The SMILES string of the molecule is CC(C)(C)C(=O)OCC12CC3CC(C1)C1(OCC(COC(=O)C45CC6CC(CC(C6)C4)C5)(OCC(=O)C45CC6CC(CC(C6)C4)C5)CO1)C(C3)C2. The highest BCUT2D eigenvalue weighted by atomic mass is 16.7. The summed E-state index contributed by atoms with van der Waals surface area (Å²) in [7, 11) is 0. The third kappa shape index (κ3) is 5.54. The predicted molar refractivity (Wildman–Crippen MR) is 187 cm³/mol. The molecule has 13 rings (SSSR count). The Bertz CT molecular complexity index is 1300. The van der Waals surface area contributed by atoms with Gasteiger partial charge in [-0.05, 0) is 171 Å². The number of hydrogen-bond donors (Lipinski definition) is 0. The molecule has 0 N–H and O–H groups in total. The second-order valence-electron chi connectivity index (χ2n) is 21.8. The first-order chi connectivity index (χ1) is 24.3. The molecular weight excluding hydrogens is 644 g/mol. The maximum atomic E-state index is 14.2. The molecule has 0 radical (unpaired) electrons. The lowest BCUT2D eigenvalue weighted by Gasteiger charge is -2.65. The van der Waals surface area contributed by atoms with Crippen molar-refractivity contribution in [3.8, 4) is 0 Å². The topological polar surface area (TPSA) is 97.4 Å². The minimum Gasteiger partial charge on any atom is -0.465 e. The fourth-order valence-corrected chi connectivity index (χ4v) is 15.5. The van der Waals surface area contributed by atoms with Gasteiger partial charge >= 0.3 is 11.9 Å². The van der Waals surface area contributed by atoms with Gasteiger partial charge in [-0.2, -0.15) is 0 Å². The molecule has 282 valence electrons. The van der Waals surface area contributed by atoms with Crippen molar-refractivity contribution < 1.29 is 38.1 Å². The Kier molecular flexibility index (Phi) is 7.67. The van der Waals surface area contributed by atoms with Crippen LogP contribution in [0.2, 0.25) is 0 Å². The first-order valence-electron chi connectivity index (χ1n) is 21.1. The van der Waals surface area contributed by atoms with Gasteiger partial charge in [0.05, 0.1) is 30.7 Å². The van der Waals surface area contributed by atoms with Gasteiger partial charge in [-0.3, -0.25) is 14.4 Å². The predicted octanol–water partition coefficient (Wildman–Crippen LogP) is 7.45. The van der Waals surface area contributed by atoms with E-state index in [1.165, 1.54) is 38.5 Å². The van der Waals surface area contributed by atoms with E-state index in [2.05, 4.69) is 0 Å². The Balaban J connectivity index is 0.856. The molecule has 1 heterocycles. The van der Waals surface area contributed by atoms with Crippen LogP contribution in [-0.2, 0) is 38.1 Å². The van der Waals surface area contributed by atoms with Gasteiger partial charge in [0.1, 0.15) is 18.8 Å². The zero-order valence-electron chi connectivity index (χ0n) is 31.5. The Morgan fingerprint density at radius 1 is 0.588 bits per heavy atom. The molecule has 12 bridgehead atoms. The van der Waals surface area contributed by atoms with Crippen molar-refractivity contribution in [3.05, 3.63) is 0 Å². The van der Waals surface area contributed by atoms with Crippen LogP contribution < -0.4 is 0 Å². The molecule has 51 heavy (non-hydrogen) atoms. The zero-order valence-corrected chi connectivity index (χ0v) is 31.5. The Labute approximate surface area is 304 Å². The fourth-order valence-electron chi connectivity index (χ4n) is 15.5. The molecule has 0 amide bonds. The quantitative estimate of drug-likeness (QED) is 0.228. The summed E-state index contributed by atoms with van der Waals surface area (Å²) < 4.78 is 33.1. The summed E-state index contributed by atoms with van der Waals surface area (Å²) in [5.41, 5.74) is -2.13. The van der Waals surface area contributed by atoms with E-state index in [4.69, 9.17) is 23.7 Å². The summed E-state index contributed by atoms with van der Waals surface area (Å²) in [6, 6.07) is 0. The molecule has 2 atom stereocenters. The number of hydrogen-bond acceptors (Lipinski definition) is 8. The highest BCUT2D eigenvalue weighted by Gasteiger charge is 2.67. The smallest absolute Gasteiger partial charge is 0.312 e. The number of rotatable bonds is 9. The van der Waals surface area contributed by atoms with Gasteiger partial charge in [0.25, 0.3) is 0 Å². The molecule has 12 saturated carbocycles. The van der Waals surface area contributed by atoms with Crippen molar-refractivity contribution in [1.29, 1.82) is 0 Å². The summed E-state index contributed by atoms with van der Waals surface area (Å²) in [6.07, 6.45) is 18.7. The summed E-state index contributed by atoms with van der Waals surface area (Å²) >= 11 is 0. The second-order valence-corrected chi connectivity index (χ2v) is 21.8. The lowest BCUT2D eigenvalue weighted by Crippen LogP contribution is -2.69. The van der Waals surface area contributed by atoms with Gasteiger partial charge in [-0.15, -0.1) is 0 Å². The lowest BCUT2D eigenvalue weighted by molar-refractivity contribution is -0.401. The molecule has 13 aliphatic rings. The van der Waals surface area contributed by atoms with Crippen molar-refractivity contribution in [2.24, 2.45) is 74.9 Å². The van der Waals surface area contributed by atoms with Gasteiger partial charge < -0.3 is 23.7 Å². The van der Waals surface area contributed by atoms with Crippen molar-refractivity contribution >= 4 is 17.7 Å². The van der Waals surface area contributed by atoms with Gasteiger partial charge in [0, 0.05) is 22.7 Å². The minimum atomic E-state index is -1.00. The van der Waals surface area contributed by atoms with Crippen LogP contribution >= 0.6 is 0 Å². The molecule has 0 aromatic rings. The van der Waals surface area contributed by atoms with Crippen molar-refractivity contribution in [2.45, 2.75) is 141 Å². The second kappa shape index (κ2) is 11.5. The number of carbonyl (C=O) groups excluding carboxylic acids is 3. The van der Waals surface area contributed by atoms with Crippen molar-refractivity contribution in [1.82, 2.24) is 0 Å². The monoisotopic (exact) mass is 706 g/mol. The zero-order chi connectivity index (χ0) is 35.0. The largest absolute Gasteiger partial charge is 0.465 e. The summed E-state index contributed by atoms with van der Waals surface area (Å²) in [6.45, 7) is 6.86. The normalized spacial score (nSPS) is 51.3. The number of Topliss-reactive ketones (excluding diaryl/α,β-unsaturated/α-hetero) is 1. The van der Waals surface area contributed by atoms with Crippen molar-refractivity contribution in [2.75, 3.05) is 33.0 Å². The minimum absolute atomic E-state index is 0.0158. The van der Waals surface area contributed by atoms with Gasteiger partial charge in [-0.25, -0.2) is 0 Å². The fraction of sp³-hybridized carbons (Fsp3) is 0.930. The van der Waals surface area contributed by atoms with E-state index < -0.39 is 16.8 Å². The molecule has 0 aromatic heterocycles. The van der Waals surface area contributed by atoms with E-state index in [1.54, 1.807) is 0 Å². The van der Waals surface area contributed by atoms with Crippen LogP contribution in [0.15, 0.2) is 0 Å². The van der Waals surface area contributed by atoms with Crippen LogP contribution in [0, 0.1) is 74.9 Å². The Morgan fingerprint density at radius 2 is 1.06 bits per heavy atom. The third-order valence-electron chi connectivity index (χ3n) is 16.8. The van der Waals surface area contributed by atoms with Gasteiger partial charge in [-0.1, -0.05) is 0 Å². The number of ketones is 1. The van der Waals surface area contributed by atoms with E-state index >= 15 is 0 Å². The standard InChI is InChI=1S/C43H62O8/c1-38(2,3)36(45)47-22-39-12-32-10-33(19-39)43(34(11-32)20-39)50-24-42(25-51-43,23-48-37(46)41-16-29-7-30(17-41)9-31(8-29)18-41)49-21-35(44)40-13-26-4-27(14-40)6-28(5-26)15-40/h26-34H,4-25H2,1-3H3. The van der Waals surface area contributed by atoms with E-state index in [0.717, 1.165) is 70.6 Å². The molecule has 0 aromatic carbocycles. The van der Waals surface area contributed by atoms with E-state index in [1.807, 2.05) is 20.8 Å². The Hall–Kier alpha value is -1.51. The van der Waals surface area contributed by atoms with E-state index in [9.17, 15) is 14.4 Å². The molecule has 1 spiro atoms. The molecule has 8 heteroatoms.